The number of nitrogens with zero attached hydrogens (tertiary/aromatic N) is 2. The minimum Gasteiger partial charge on any atom is -0.369 e. The van der Waals surface area contributed by atoms with Gasteiger partial charge >= 0.3 is 0 Å². The number of aromatic nitrogens is 2. The number of hydrogen-bond acceptors (Lipinski definition) is 4. The third kappa shape index (κ3) is 1.93. The molecule has 2 heterocycles. The van der Waals surface area contributed by atoms with Crippen LogP contribution in [-0.4, -0.2) is 16.5 Å². The molecule has 1 aliphatic heterocycles. The molecular formula is C13H14N4. The second kappa shape index (κ2) is 4.05. The zero-order chi connectivity index (χ0) is 11.7. The van der Waals surface area contributed by atoms with Crippen LogP contribution in [0.5, 0.6) is 0 Å². The van der Waals surface area contributed by atoms with Crippen LogP contribution in [0.15, 0.2) is 30.3 Å². The molecule has 0 unspecified atom stereocenters. The van der Waals surface area contributed by atoms with Gasteiger partial charge in [0.15, 0.2) is 0 Å². The van der Waals surface area contributed by atoms with Gasteiger partial charge in [-0.3, -0.25) is 0 Å². The summed E-state index contributed by atoms with van der Waals surface area (Å²) in [6.07, 6.45) is 1.80. The molecule has 0 saturated heterocycles. The first-order chi connectivity index (χ1) is 8.33. The summed E-state index contributed by atoms with van der Waals surface area (Å²) in [6.45, 7) is 0.926. The van der Waals surface area contributed by atoms with Gasteiger partial charge in [0.1, 0.15) is 5.82 Å². The van der Waals surface area contributed by atoms with E-state index in [9.17, 15) is 0 Å². The number of fused-ring (bicyclic) bond motifs is 1. The van der Waals surface area contributed by atoms with Crippen LogP contribution in [0.3, 0.4) is 0 Å². The molecule has 86 valence electrons. The fourth-order valence-corrected chi connectivity index (χ4v) is 2.20. The summed E-state index contributed by atoms with van der Waals surface area (Å²) in [5.41, 5.74) is 9.23. The Kier molecular flexibility index (Phi) is 2.40. The first-order valence-electron chi connectivity index (χ1n) is 5.76. The van der Waals surface area contributed by atoms with E-state index in [4.69, 9.17) is 5.73 Å². The predicted molar refractivity (Wildman–Crippen MR) is 67.9 cm³/mol. The summed E-state index contributed by atoms with van der Waals surface area (Å²) in [5, 5.41) is 3.24. The average molecular weight is 226 g/mol. The number of nitrogens with two attached hydrogens (primary N) is 1. The minimum absolute atomic E-state index is 0.351. The highest BCUT2D eigenvalue weighted by Gasteiger charge is 2.18. The summed E-state index contributed by atoms with van der Waals surface area (Å²) in [4.78, 5) is 8.58. The first-order valence-corrected chi connectivity index (χ1v) is 5.76. The number of hydrogen-bond donors (Lipinski definition) is 2. The lowest BCUT2D eigenvalue weighted by Gasteiger charge is -2.07. The highest BCUT2D eigenvalue weighted by atomic mass is 15.1. The van der Waals surface area contributed by atoms with Crippen LogP contribution in [0, 0.1) is 0 Å². The van der Waals surface area contributed by atoms with Gasteiger partial charge in [-0.1, -0.05) is 30.3 Å². The molecule has 0 bridgehead atoms. The van der Waals surface area contributed by atoms with Gasteiger partial charge in [-0.25, -0.2) is 4.98 Å². The van der Waals surface area contributed by atoms with E-state index in [2.05, 4.69) is 27.4 Å². The quantitative estimate of drug-likeness (QED) is 0.816. The van der Waals surface area contributed by atoms with Gasteiger partial charge in [-0.15, -0.1) is 0 Å². The molecule has 0 saturated carbocycles. The van der Waals surface area contributed by atoms with Crippen molar-refractivity contribution in [2.45, 2.75) is 12.8 Å². The Balaban J connectivity index is 1.98. The number of nitrogen functional groups attached to an aromatic ring is 1. The number of rotatable bonds is 2. The topological polar surface area (TPSA) is 63.8 Å². The Morgan fingerprint density at radius 2 is 2.00 bits per heavy atom. The average Bonchev–Trinajstić information content (AvgIpc) is 2.78. The van der Waals surface area contributed by atoms with Crippen molar-refractivity contribution in [1.82, 2.24) is 9.97 Å². The van der Waals surface area contributed by atoms with Crippen molar-refractivity contribution in [1.29, 1.82) is 0 Å². The van der Waals surface area contributed by atoms with Gasteiger partial charge in [0.25, 0.3) is 0 Å². The second-order valence-corrected chi connectivity index (χ2v) is 4.19. The summed E-state index contributed by atoms with van der Waals surface area (Å²) < 4.78 is 0. The van der Waals surface area contributed by atoms with Gasteiger partial charge < -0.3 is 11.1 Å². The van der Waals surface area contributed by atoms with Crippen LogP contribution in [-0.2, 0) is 12.8 Å². The van der Waals surface area contributed by atoms with E-state index in [0.29, 0.717) is 5.95 Å². The lowest BCUT2D eigenvalue weighted by molar-refractivity contribution is 0.989. The summed E-state index contributed by atoms with van der Waals surface area (Å²) in [5.74, 6) is 1.26. The van der Waals surface area contributed by atoms with Crippen LogP contribution in [0.25, 0.3) is 0 Å². The normalized spacial score (nSPS) is 13.2. The summed E-state index contributed by atoms with van der Waals surface area (Å²) in [7, 11) is 0. The summed E-state index contributed by atoms with van der Waals surface area (Å²) in [6, 6.07) is 10.3. The molecule has 17 heavy (non-hydrogen) atoms. The van der Waals surface area contributed by atoms with Gasteiger partial charge in [0, 0.05) is 18.5 Å². The maximum atomic E-state index is 5.72. The van der Waals surface area contributed by atoms with Crippen LogP contribution in [0.1, 0.15) is 16.8 Å². The van der Waals surface area contributed by atoms with Crippen LogP contribution in [0.4, 0.5) is 11.8 Å². The molecule has 0 atom stereocenters. The first kappa shape index (κ1) is 10.1. The maximum absolute atomic E-state index is 5.72. The number of nitrogens with one attached hydrogen (secondary N) is 1. The molecule has 3 rings (SSSR count). The smallest absolute Gasteiger partial charge is 0.222 e. The highest BCUT2D eigenvalue weighted by Crippen LogP contribution is 2.24. The van der Waals surface area contributed by atoms with Crippen molar-refractivity contribution in [2.75, 3.05) is 17.6 Å². The Morgan fingerprint density at radius 3 is 2.82 bits per heavy atom. The molecule has 0 amide bonds. The molecule has 1 aromatic carbocycles. The molecule has 4 nitrogen and oxygen atoms in total. The van der Waals surface area contributed by atoms with Gasteiger partial charge in [0.2, 0.25) is 5.95 Å². The summed E-state index contributed by atoms with van der Waals surface area (Å²) >= 11 is 0. The van der Waals surface area contributed by atoms with Crippen molar-refractivity contribution in [3.05, 3.63) is 47.2 Å². The maximum Gasteiger partial charge on any atom is 0.222 e. The Labute approximate surface area is 99.9 Å². The lowest BCUT2D eigenvalue weighted by Crippen LogP contribution is -2.04. The van der Waals surface area contributed by atoms with Crippen molar-refractivity contribution < 1.29 is 0 Å². The zero-order valence-corrected chi connectivity index (χ0v) is 9.48. The van der Waals surface area contributed by atoms with Gasteiger partial charge in [-0.2, -0.15) is 4.98 Å². The molecule has 0 spiro atoms. The molecule has 0 fully saturated rings. The van der Waals surface area contributed by atoms with Crippen molar-refractivity contribution in [3.63, 3.8) is 0 Å². The predicted octanol–water partition coefficient (Wildman–Crippen LogP) is 1.62. The van der Waals surface area contributed by atoms with Crippen LogP contribution in [0.2, 0.25) is 0 Å². The third-order valence-electron chi connectivity index (χ3n) is 2.99. The monoisotopic (exact) mass is 226 g/mol. The van der Waals surface area contributed by atoms with E-state index in [0.717, 1.165) is 30.9 Å². The molecular weight excluding hydrogens is 212 g/mol. The molecule has 3 N–H and O–H groups in total. The standard InChI is InChI=1S/C13H14N4/c14-13-16-11(8-9-4-2-1-3-5-9)10-6-7-15-12(10)17-13/h1-5H,6-8H2,(H3,14,15,16,17). The number of anilines is 2. The van der Waals surface area contributed by atoms with E-state index in [1.54, 1.807) is 0 Å². The van der Waals surface area contributed by atoms with Crippen molar-refractivity contribution >= 4 is 11.8 Å². The third-order valence-corrected chi connectivity index (χ3v) is 2.99. The SMILES string of the molecule is Nc1nc(Cc2ccccc2)c2c(n1)NCC2. The Morgan fingerprint density at radius 1 is 1.18 bits per heavy atom. The molecule has 0 aliphatic carbocycles. The van der Waals surface area contributed by atoms with E-state index < -0.39 is 0 Å². The van der Waals surface area contributed by atoms with Gasteiger partial charge in [0.05, 0.1) is 5.69 Å². The van der Waals surface area contributed by atoms with Crippen LogP contribution >= 0.6 is 0 Å². The van der Waals surface area contributed by atoms with E-state index >= 15 is 0 Å². The van der Waals surface area contributed by atoms with Crippen molar-refractivity contribution in [3.8, 4) is 0 Å². The van der Waals surface area contributed by atoms with Gasteiger partial charge in [-0.05, 0) is 12.0 Å². The Hall–Kier alpha value is -2.10. The largest absolute Gasteiger partial charge is 0.369 e. The molecule has 1 aliphatic rings. The highest BCUT2D eigenvalue weighted by molar-refractivity contribution is 5.54. The fraction of sp³-hybridized carbons (Fsp3) is 0.231. The molecule has 2 aromatic rings. The molecule has 4 heteroatoms. The second-order valence-electron chi connectivity index (χ2n) is 4.19. The lowest BCUT2D eigenvalue weighted by atomic mass is 10.1. The van der Waals surface area contributed by atoms with E-state index in [1.807, 2.05) is 18.2 Å². The number of benzene rings is 1. The van der Waals surface area contributed by atoms with Crippen LogP contribution < -0.4 is 11.1 Å². The van der Waals surface area contributed by atoms with E-state index in [-0.39, 0.29) is 0 Å². The zero-order valence-electron chi connectivity index (χ0n) is 9.48. The minimum atomic E-state index is 0.351. The van der Waals surface area contributed by atoms with E-state index in [1.165, 1.54) is 11.1 Å². The molecule has 0 radical (unpaired) electrons. The molecule has 1 aromatic heterocycles. The fourth-order valence-electron chi connectivity index (χ4n) is 2.20. The van der Waals surface area contributed by atoms with Crippen molar-refractivity contribution in [2.24, 2.45) is 0 Å². The Bertz CT molecular complexity index is 537.